The van der Waals surface area contributed by atoms with E-state index in [0.29, 0.717) is 18.5 Å². The number of anilines is 1. The first-order chi connectivity index (χ1) is 8.72. The summed E-state index contributed by atoms with van der Waals surface area (Å²) >= 11 is 6.41. The van der Waals surface area contributed by atoms with Crippen LogP contribution < -0.4 is 9.64 Å². The van der Waals surface area contributed by atoms with Crippen LogP contribution in [0.1, 0.15) is 32.6 Å². The van der Waals surface area contributed by atoms with E-state index in [4.69, 9.17) is 16.3 Å². The highest BCUT2D eigenvalue weighted by molar-refractivity contribution is 6.21. The molecule has 1 fully saturated rings. The molecule has 1 saturated carbocycles. The van der Waals surface area contributed by atoms with E-state index in [1.807, 2.05) is 20.0 Å². The summed E-state index contributed by atoms with van der Waals surface area (Å²) in [6, 6.07) is 2.23. The van der Waals surface area contributed by atoms with E-state index in [1.165, 1.54) is 12.8 Å². The molecule has 1 heterocycles. The number of aromatic nitrogens is 2. The molecule has 2 unspecified atom stereocenters. The van der Waals surface area contributed by atoms with Gasteiger partial charge >= 0.3 is 0 Å². The van der Waals surface area contributed by atoms with Crippen LogP contribution in [0, 0.1) is 0 Å². The molecule has 5 heteroatoms. The Morgan fingerprint density at radius 2 is 2.17 bits per heavy atom. The second-order valence-electron chi connectivity index (χ2n) is 4.63. The molecule has 1 aliphatic carbocycles. The quantitative estimate of drug-likeness (QED) is 0.788. The SMILES string of the molecule is CCOc1cc(N(C)C2CCCCC2Cl)ncn1. The number of alkyl halides is 1. The van der Waals surface area contributed by atoms with Gasteiger partial charge in [-0.05, 0) is 19.8 Å². The molecule has 2 rings (SSSR count). The number of halogens is 1. The molecule has 0 saturated heterocycles. The van der Waals surface area contributed by atoms with Gasteiger partial charge < -0.3 is 9.64 Å². The number of hydrogen-bond donors (Lipinski definition) is 0. The van der Waals surface area contributed by atoms with Crippen molar-refractivity contribution >= 4 is 17.4 Å². The Labute approximate surface area is 113 Å². The number of rotatable bonds is 4. The summed E-state index contributed by atoms with van der Waals surface area (Å²) in [6.07, 6.45) is 6.22. The van der Waals surface area contributed by atoms with Crippen LogP contribution in [0.3, 0.4) is 0 Å². The van der Waals surface area contributed by atoms with Gasteiger partial charge in [0.1, 0.15) is 12.1 Å². The van der Waals surface area contributed by atoms with Gasteiger partial charge in [0.2, 0.25) is 5.88 Å². The van der Waals surface area contributed by atoms with Crippen LogP contribution >= 0.6 is 11.6 Å². The molecular formula is C13H20ClN3O. The Balaban J connectivity index is 2.11. The molecule has 0 spiro atoms. The van der Waals surface area contributed by atoms with Gasteiger partial charge in [-0.25, -0.2) is 9.97 Å². The van der Waals surface area contributed by atoms with Gasteiger partial charge in [-0.1, -0.05) is 12.8 Å². The van der Waals surface area contributed by atoms with Crippen molar-refractivity contribution in [1.82, 2.24) is 9.97 Å². The standard InChI is InChI=1S/C13H20ClN3O/c1-3-18-13-8-12(15-9-16-13)17(2)11-7-5-4-6-10(11)14/h8-11H,3-7H2,1-2H3. The Morgan fingerprint density at radius 3 is 2.89 bits per heavy atom. The number of ether oxygens (including phenoxy) is 1. The van der Waals surface area contributed by atoms with E-state index in [-0.39, 0.29) is 5.38 Å². The van der Waals surface area contributed by atoms with Crippen molar-refractivity contribution in [2.24, 2.45) is 0 Å². The number of hydrogen-bond acceptors (Lipinski definition) is 4. The summed E-state index contributed by atoms with van der Waals surface area (Å²) in [4.78, 5) is 10.5. The van der Waals surface area contributed by atoms with Crippen molar-refractivity contribution in [2.75, 3.05) is 18.6 Å². The molecule has 0 bridgehead atoms. The van der Waals surface area contributed by atoms with Gasteiger partial charge in [0, 0.05) is 19.2 Å². The monoisotopic (exact) mass is 269 g/mol. The zero-order chi connectivity index (χ0) is 13.0. The van der Waals surface area contributed by atoms with Crippen LogP contribution in [0.25, 0.3) is 0 Å². The van der Waals surface area contributed by atoms with Crippen LogP contribution in [-0.2, 0) is 0 Å². The molecule has 1 aromatic rings. The molecule has 2 atom stereocenters. The van der Waals surface area contributed by atoms with Crippen LogP contribution in [0.2, 0.25) is 0 Å². The Morgan fingerprint density at radius 1 is 1.39 bits per heavy atom. The molecule has 100 valence electrons. The van der Waals surface area contributed by atoms with Crippen LogP contribution in [0.15, 0.2) is 12.4 Å². The zero-order valence-electron chi connectivity index (χ0n) is 11.0. The Kier molecular flexibility index (Phi) is 4.64. The molecule has 0 aliphatic heterocycles. The summed E-state index contributed by atoms with van der Waals surface area (Å²) < 4.78 is 5.40. The largest absolute Gasteiger partial charge is 0.478 e. The van der Waals surface area contributed by atoms with E-state index in [9.17, 15) is 0 Å². The highest BCUT2D eigenvalue weighted by Crippen LogP contribution is 2.29. The normalized spacial score (nSPS) is 23.7. The fraction of sp³-hybridized carbons (Fsp3) is 0.692. The van der Waals surface area contributed by atoms with Gasteiger partial charge in [0.15, 0.2) is 0 Å². The lowest BCUT2D eigenvalue weighted by molar-refractivity contribution is 0.326. The van der Waals surface area contributed by atoms with Crippen LogP contribution in [0.5, 0.6) is 5.88 Å². The lowest BCUT2D eigenvalue weighted by atomic mass is 9.94. The van der Waals surface area contributed by atoms with Crippen molar-refractivity contribution in [2.45, 2.75) is 44.0 Å². The van der Waals surface area contributed by atoms with E-state index in [2.05, 4.69) is 14.9 Å². The van der Waals surface area contributed by atoms with Gasteiger partial charge in [-0.3, -0.25) is 0 Å². The third-order valence-electron chi connectivity index (χ3n) is 3.43. The molecule has 4 nitrogen and oxygen atoms in total. The van der Waals surface area contributed by atoms with Crippen molar-refractivity contribution in [3.63, 3.8) is 0 Å². The Bertz CT molecular complexity index is 388. The summed E-state index contributed by atoms with van der Waals surface area (Å²) in [5.74, 6) is 1.50. The first-order valence-corrected chi connectivity index (χ1v) is 6.97. The molecule has 0 amide bonds. The average molecular weight is 270 g/mol. The average Bonchev–Trinajstić information content (AvgIpc) is 2.39. The second-order valence-corrected chi connectivity index (χ2v) is 5.19. The Hall–Kier alpha value is -1.03. The maximum Gasteiger partial charge on any atom is 0.218 e. The molecule has 18 heavy (non-hydrogen) atoms. The smallest absolute Gasteiger partial charge is 0.218 e. The van der Waals surface area contributed by atoms with Crippen molar-refractivity contribution < 1.29 is 4.74 Å². The van der Waals surface area contributed by atoms with Crippen molar-refractivity contribution in [3.05, 3.63) is 12.4 Å². The van der Waals surface area contributed by atoms with Crippen LogP contribution in [0.4, 0.5) is 5.82 Å². The predicted molar refractivity (Wildman–Crippen MR) is 73.5 cm³/mol. The van der Waals surface area contributed by atoms with Gasteiger partial charge in [-0.2, -0.15) is 0 Å². The first-order valence-electron chi connectivity index (χ1n) is 6.54. The molecular weight excluding hydrogens is 250 g/mol. The lowest BCUT2D eigenvalue weighted by Crippen LogP contribution is -2.41. The van der Waals surface area contributed by atoms with E-state index in [1.54, 1.807) is 6.33 Å². The minimum Gasteiger partial charge on any atom is -0.478 e. The van der Waals surface area contributed by atoms with Gasteiger partial charge in [0.25, 0.3) is 0 Å². The van der Waals surface area contributed by atoms with Crippen LogP contribution in [-0.4, -0.2) is 35.0 Å². The predicted octanol–water partition coefficient (Wildman–Crippen LogP) is 2.86. The summed E-state index contributed by atoms with van der Waals surface area (Å²) in [5.41, 5.74) is 0. The summed E-state index contributed by atoms with van der Waals surface area (Å²) in [6.45, 7) is 2.56. The molecule has 1 aliphatic rings. The molecule has 0 aromatic carbocycles. The maximum absolute atomic E-state index is 6.41. The first kappa shape index (κ1) is 13.4. The summed E-state index contributed by atoms with van der Waals surface area (Å²) in [7, 11) is 2.05. The van der Waals surface area contributed by atoms with Crippen molar-refractivity contribution in [1.29, 1.82) is 0 Å². The van der Waals surface area contributed by atoms with Gasteiger partial charge in [0.05, 0.1) is 12.0 Å². The van der Waals surface area contributed by atoms with E-state index >= 15 is 0 Å². The third kappa shape index (κ3) is 3.05. The highest BCUT2D eigenvalue weighted by atomic mass is 35.5. The second kappa shape index (κ2) is 6.23. The summed E-state index contributed by atoms with van der Waals surface area (Å²) in [5, 5.41) is 0.203. The van der Waals surface area contributed by atoms with E-state index < -0.39 is 0 Å². The van der Waals surface area contributed by atoms with Crippen molar-refractivity contribution in [3.8, 4) is 5.88 Å². The number of nitrogens with zero attached hydrogens (tertiary/aromatic N) is 3. The molecule has 0 N–H and O–H groups in total. The highest BCUT2D eigenvalue weighted by Gasteiger charge is 2.27. The topological polar surface area (TPSA) is 38.2 Å². The maximum atomic E-state index is 6.41. The minimum atomic E-state index is 0.203. The van der Waals surface area contributed by atoms with Gasteiger partial charge in [-0.15, -0.1) is 11.6 Å². The minimum absolute atomic E-state index is 0.203. The fourth-order valence-electron chi connectivity index (χ4n) is 2.42. The fourth-order valence-corrected chi connectivity index (χ4v) is 2.87. The molecule has 1 aromatic heterocycles. The van der Waals surface area contributed by atoms with E-state index in [0.717, 1.165) is 18.7 Å². The molecule has 0 radical (unpaired) electrons. The lowest BCUT2D eigenvalue weighted by Gasteiger charge is -2.35. The zero-order valence-corrected chi connectivity index (χ0v) is 11.7. The third-order valence-corrected chi connectivity index (χ3v) is 3.93.